The maximum absolute atomic E-state index is 9.51. The molecule has 0 atom stereocenters. The zero-order valence-corrected chi connectivity index (χ0v) is 10.7. The number of aliphatic hydroxyl groups is 1. The summed E-state index contributed by atoms with van der Waals surface area (Å²) in [7, 11) is 0. The van der Waals surface area contributed by atoms with Crippen LogP contribution in [0.25, 0.3) is 0 Å². The molecule has 1 fully saturated rings. The summed E-state index contributed by atoms with van der Waals surface area (Å²) in [6.07, 6.45) is 1.90. The predicted molar refractivity (Wildman–Crippen MR) is 69.5 cm³/mol. The first-order valence-corrected chi connectivity index (χ1v) is 6.32. The lowest BCUT2D eigenvalue weighted by atomic mass is 9.74. The molecular weight excluding hydrogens is 238 g/mol. The highest BCUT2D eigenvalue weighted by atomic mass is 35.5. The molecule has 0 saturated heterocycles. The first-order valence-electron chi connectivity index (χ1n) is 5.94. The van der Waals surface area contributed by atoms with E-state index in [-0.39, 0.29) is 18.2 Å². The van der Waals surface area contributed by atoms with Crippen molar-refractivity contribution in [1.82, 2.24) is 0 Å². The minimum Gasteiger partial charge on any atom is -0.394 e. The molecule has 0 bridgehead atoms. The monoisotopic (exact) mass is 255 g/mol. The van der Waals surface area contributed by atoms with E-state index in [2.05, 4.69) is 5.32 Å². The van der Waals surface area contributed by atoms with Crippen LogP contribution in [-0.4, -0.2) is 30.0 Å². The Morgan fingerprint density at radius 2 is 2.18 bits per heavy atom. The number of aliphatic hydroxyl groups excluding tert-OH is 1. The molecule has 1 aromatic carbocycles. The second kappa shape index (κ2) is 5.25. The highest BCUT2D eigenvalue weighted by molar-refractivity contribution is 6.33. The summed E-state index contributed by atoms with van der Waals surface area (Å²) >= 11 is 6.09. The Balaban J connectivity index is 2.00. The van der Waals surface area contributed by atoms with Gasteiger partial charge in [0.15, 0.2) is 0 Å². The standard InChI is InChI=1S/C13H18ClNO2/c1-2-17-10-7-13(8-10,9-16)15-12-6-4-3-5-11(12)14/h3-6,10,15-16H,2,7-9H2,1H3. The minimum absolute atomic E-state index is 0.0990. The van der Waals surface area contributed by atoms with E-state index in [0.29, 0.717) is 5.02 Å². The normalized spacial score (nSPS) is 27.6. The van der Waals surface area contributed by atoms with Gasteiger partial charge in [-0.15, -0.1) is 0 Å². The third-order valence-electron chi connectivity index (χ3n) is 3.22. The summed E-state index contributed by atoms with van der Waals surface area (Å²) in [6, 6.07) is 7.59. The molecule has 1 aliphatic rings. The van der Waals surface area contributed by atoms with E-state index in [4.69, 9.17) is 16.3 Å². The number of nitrogens with one attached hydrogen (secondary N) is 1. The zero-order valence-electron chi connectivity index (χ0n) is 9.95. The first-order chi connectivity index (χ1) is 8.19. The van der Waals surface area contributed by atoms with E-state index in [0.717, 1.165) is 25.1 Å². The van der Waals surface area contributed by atoms with Gasteiger partial charge in [0, 0.05) is 6.61 Å². The van der Waals surface area contributed by atoms with Crippen LogP contribution >= 0.6 is 11.6 Å². The topological polar surface area (TPSA) is 41.5 Å². The Kier molecular flexibility index (Phi) is 3.92. The fourth-order valence-electron chi connectivity index (χ4n) is 2.28. The number of halogens is 1. The lowest BCUT2D eigenvalue weighted by Crippen LogP contribution is -2.56. The van der Waals surface area contributed by atoms with Crippen LogP contribution in [0.4, 0.5) is 5.69 Å². The third kappa shape index (κ3) is 2.73. The van der Waals surface area contributed by atoms with Crippen LogP contribution in [0, 0.1) is 0 Å². The van der Waals surface area contributed by atoms with E-state index in [1.54, 1.807) is 0 Å². The van der Waals surface area contributed by atoms with Crippen molar-refractivity contribution in [2.75, 3.05) is 18.5 Å². The van der Waals surface area contributed by atoms with Gasteiger partial charge in [0.25, 0.3) is 0 Å². The quantitative estimate of drug-likeness (QED) is 0.850. The van der Waals surface area contributed by atoms with Crippen molar-refractivity contribution in [3.8, 4) is 0 Å². The number of ether oxygens (including phenoxy) is 1. The van der Waals surface area contributed by atoms with Crippen molar-refractivity contribution in [1.29, 1.82) is 0 Å². The molecule has 17 heavy (non-hydrogen) atoms. The first kappa shape index (κ1) is 12.7. The predicted octanol–water partition coefficient (Wildman–Crippen LogP) is 2.68. The Morgan fingerprint density at radius 3 is 2.76 bits per heavy atom. The SMILES string of the molecule is CCOC1CC(CO)(Nc2ccccc2Cl)C1. The van der Waals surface area contributed by atoms with Crippen molar-refractivity contribution < 1.29 is 9.84 Å². The lowest BCUT2D eigenvalue weighted by molar-refractivity contribution is -0.0458. The summed E-state index contributed by atoms with van der Waals surface area (Å²) in [5, 5.41) is 13.5. The molecule has 2 N–H and O–H groups in total. The van der Waals surface area contributed by atoms with Crippen molar-refractivity contribution in [3.63, 3.8) is 0 Å². The van der Waals surface area contributed by atoms with E-state index in [1.807, 2.05) is 31.2 Å². The summed E-state index contributed by atoms with van der Waals surface area (Å²) in [5.74, 6) is 0. The maximum Gasteiger partial charge on any atom is 0.0663 e. The number of hydrogen-bond acceptors (Lipinski definition) is 3. The fraction of sp³-hybridized carbons (Fsp3) is 0.538. The average Bonchev–Trinajstić information content (AvgIpc) is 2.29. The lowest BCUT2D eigenvalue weighted by Gasteiger charge is -2.47. The maximum atomic E-state index is 9.51. The van der Waals surface area contributed by atoms with Crippen molar-refractivity contribution in [2.24, 2.45) is 0 Å². The van der Waals surface area contributed by atoms with Gasteiger partial charge in [0.05, 0.1) is 29.0 Å². The second-order valence-corrected chi connectivity index (χ2v) is 4.94. The van der Waals surface area contributed by atoms with Gasteiger partial charge >= 0.3 is 0 Å². The fourth-order valence-corrected chi connectivity index (χ4v) is 2.47. The highest BCUT2D eigenvalue weighted by Gasteiger charge is 2.44. The van der Waals surface area contributed by atoms with Gasteiger partial charge in [-0.2, -0.15) is 0 Å². The number of benzene rings is 1. The molecule has 4 heteroatoms. The van der Waals surface area contributed by atoms with E-state index >= 15 is 0 Å². The Hall–Kier alpha value is -0.770. The molecule has 0 radical (unpaired) electrons. The van der Waals surface area contributed by atoms with Gasteiger partial charge in [-0.1, -0.05) is 23.7 Å². The Labute approximate surface area is 107 Å². The summed E-state index contributed by atoms with van der Waals surface area (Å²) < 4.78 is 5.52. The van der Waals surface area contributed by atoms with Gasteiger partial charge in [-0.05, 0) is 31.9 Å². The largest absolute Gasteiger partial charge is 0.394 e. The molecule has 1 aliphatic carbocycles. The second-order valence-electron chi connectivity index (χ2n) is 4.53. The third-order valence-corrected chi connectivity index (χ3v) is 3.55. The number of anilines is 1. The van der Waals surface area contributed by atoms with Crippen LogP contribution in [0.5, 0.6) is 0 Å². The smallest absolute Gasteiger partial charge is 0.0663 e. The van der Waals surface area contributed by atoms with Crippen molar-refractivity contribution in [3.05, 3.63) is 29.3 Å². The minimum atomic E-state index is -0.273. The molecule has 0 aromatic heterocycles. The molecule has 0 heterocycles. The molecular formula is C13H18ClNO2. The molecule has 94 valence electrons. The number of para-hydroxylation sites is 1. The Bertz CT molecular complexity index is 377. The van der Waals surface area contributed by atoms with Gasteiger partial charge < -0.3 is 15.2 Å². The molecule has 0 spiro atoms. The van der Waals surface area contributed by atoms with Gasteiger partial charge in [-0.25, -0.2) is 0 Å². The van der Waals surface area contributed by atoms with Crippen molar-refractivity contribution >= 4 is 17.3 Å². The van der Waals surface area contributed by atoms with Crippen LogP contribution in [0.15, 0.2) is 24.3 Å². The van der Waals surface area contributed by atoms with Crippen LogP contribution in [0.2, 0.25) is 5.02 Å². The van der Waals surface area contributed by atoms with Gasteiger partial charge in [-0.3, -0.25) is 0 Å². The van der Waals surface area contributed by atoms with E-state index in [9.17, 15) is 5.11 Å². The van der Waals surface area contributed by atoms with Gasteiger partial charge in [0.2, 0.25) is 0 Å². The Morgan fingerprint density at radius 1 is 1.47 bits per heavy atom. The molecule has 2 rings (SSSR count). The zero-order chi connectivity index (χ0) is 12.3. The average molecular weight is 256 g/mol. The van der Waals surface area contributed by atoms with Gasteiger partial charge in [0.1, 0.15) is 0 Å². The molecule has 0 aliphatic heterocycles. The summed E-state index contributed by atoms with van der Waals surface area (Å²) in [5.41, 5.74) is 0.600. The number of rotatable bonds is 5. The van der Waals surface area contributed by atoms with Crippen molar-refractivity contribution in [2.45, 2.75) is 31.4 Å². The summed E-state index contributed by atoms with van der Waals surface area (Å²) in [6.45, 7) is 2.81. The van der Waals surface area contributed by atoms with E-state index < -0.39 is 0 Å². The van der Waals surface area contributed by atoms with Crippen LogP contribution in [0.3, 0.4) is 0 Å². The molecule has 1 aromatic rings. The van der Waals surface area contributed by atoms with E-state index in [1.165, 1.54) is 0 Å². The molecule has 1 saturated carbocycles. The summed E-state index contributed by atoms with van der Waals surface area (Å²) in [4.78, 5) is 0. The molecule has 0 amide bonds. The van der Waals surface area contributed by atoms with Crippen LogP contribution in [-0.2, 0) is 4.74 Å². The highest BCUT2D eigenvalue weighted by Crippen LogP contribution is 2.38. The molecule has 0 unspecified atom stereocenters. The van der Waals surface area contributed by atoms with Crippen LogP contribution in [0.1, 0.15) is 19.8 Å². The number of hydrogen-bond donors (Lipinski definition) is 2. The molecule has 3 nitrogen and oxygen atoms in total. The van der Waals surface area contributed by atoms with Crippen LogP contribution < -0.4 is 5.32 Å².